The highest BCUT2D eigenvalue weighted by atomic mass is 32.1. The summed E-state index contributed by atoms with van der Waals surface area (Å²) >= 11 is 1.17. The minimum Gasteiger partial charge on any atom is -0.478 e. The third-order valence-electron chi connectivity index (χ3n) is 1.67. The second kappa shape index (κ2) is 3.62. The Morgan fingerprint density at radius 2 is 2.40 bits per heavy atom. The van der Waals surface area contributed by atoms with Gasteiger partial charge in [-0.25, -0.2) is 14.5 Å². The van der Waals surface area contributed by atoms with Gasteiger partial charge in [0, 0.05) is 11.6 Å². The molecule has 0 aliphatic rings. The molecule has 0 unspecified atom stereocenters. The summed E-state index contributed by atoms with van der Waals surface area (Å²) in [6, 6.07) is 0. The predicted molar refractivity (Wildman–Crippen MR) is 51.6 cm³/mol. The first kappa shape index (κ1) is 9.53. The Balaban J connectivity index is 2.36. The van der Waals surface area contributed by atoms with Gasteiger partial charge >= 0.3 is 5.97 Å². The molecule has 2 aromatic rings. The van der Waals surface area contributed by atoms with Crippen molar-refractivity contribution in [1.29, 1.82) is 0 Å². The second-order valence-electron chi connectivity index (χ2n) is 2.64. The molecule has 15 heavy (non-hydrogen) atoms. The van der Waals surface area contributed by atoms with Gasteiger partial charge in [0.2, 0.25) is 0 Å². The Hall–Kier alpha value is -2.02. The molecule has 2 heterocycles. The first-order valence-electron chi connectivity index (χ1n) is 3.90. The number of carbonyl (C=O) groups excluding carboxylic acids is 1. The summed E-state index contributed by atoms with van der Waals surface area (Å²) in [6.07, 6.45) is 3.20. The summed E-state index contributed by atoms with van der Waals surface area (Å²) < 4.78 is 1.31. The molecule has 0 spiro atoms. The Morgan fingerprint density at radius 1 is 1.60 bits per heavy atom. The molecule has 0 saturated carbocycles. The van der Waals surface area contributed by atoms with Gasteiger partial charge in [0.15, 0.2) is 17.1 Å². The number of rotatable bonds is 3. The number of thiazole rings is 1. The predicted octanol–water partition coefficient (Wildman–Crippen LogP) is 0.840. The lowest BCUT2D eigenvalue weighted by Gasteiger charge is -1.91. The van der Waals surface area contributed by atoms with E-state index in [9.17, 15) is 9.59 Å². The summed E-state index contributed by atoms with van der Waals surface area (Å²) in [4.78, 5) is 24.9. The highest BCUT2D eigenvalue weighted by Gasteiger charge is 2.09. The molecule has 0 amide bonds. The van der Waals surface area contributed by atoms with Crippen molar-refractivity contribution < 1.29 is 14.7 Å². The van der Waals surface area contributed by atoms with E-state index in [1.807, 2.05) is 0 Å². The molecule has 2 aromatic heterocycles. The molecule has 0 aliphatic carbocycles. The van der Waals surface area contributed by atoms with Crippen molar-refractivity contribution in [2.24, 2.45) is 0 Å². The van der Waals surface area contributed by atoms with E-state index in [0.717, 1.165) is 0 Å². The minimum atomic E-state index is -1.05. The van der Waals surface area contributed by atoms with E-state index in [1.54, 1.807) is 5.38 Å². The van der Waals surface area contributed by atoms with Gasteiger partial charge < -0.3 is 5.11 Å². The fourth-order valence-corrected chi connectivity index (χ4v) is 1.59. The monoisotopic (exact) mass is 223 g/mol. The first-order chi connectivity index (χ1) is 7.20. The van der Waals surface area contributed by atoms with Crippen molar-refractivity contribution in [3.63, 3.8) is 0 Å². The third-order valence-corrected chi connectivity index (χ3v) is 2.43. The van der Waals surface area contributed by atoms with Crippen molar-refractivity contribution >= 4 is 23.6 Å². The molecule has 7 heteroatoms. The van der Waals surface area contributed by atoms with E-state index in [1.165, 1.54) is 28.4 Å². The molecular formula is C8H5N3O3S. The number of aldehydes is 1. The topological polar surface area (TPSA) is 85.1 Å². The fourth-order valence-electron chi connectivity index (χ4n) is 0.997. The zero-order valence-electron chi connectivity index (χ0n) is 7.32. The molecule has 2 rings (SSSR count). The SMILES string of the molecule is O=Cc1nc(-n2cc(C(=O)O)cn2)cs1. The fraction of sp³-hybridized carbons (Fsp3) is 0. The molecule has 6 nitrogen and oxygen atoms in total. The van der Waals surface area contributed by atoms with E-state index in [-0.39, 0.29) is 5.56 Å². The first-order valence-corrected chi connectivity index (χ1v) is 4.77. The number of hydrogen-bond acceptors (Lipinski definition) is 5. The van der Waals surface area contributed by atoms with E-state index in [4.69, 9.17) is 5.11 Å². The lowest BCUT2D eigenvalue weighted by atomic mass is 10.4. The van der Waals surface area contributed by atoms with Crippen LogP contribution in [-0.4, -0.2) is 32.1 Å². The molecule has 0 saturated heterocycles. The van der Waals surface area contributed by atoms with Crippen LogP contribution in [0.25, 0.3) is 5.82 Å². The van der Waals surface area contributed by atoms with Gasteiger partial charge in [-0.15, -0.1) is 11.3 Å². The molecule has 76 valence electrons. The summed E-state index contributed by atoms with van der Waals surface area (Å²) in [7, 11) is 0. The maximum absolute atomic E-state index is 10.6. The number of nitrogens with zero attached hydrogens (tertiary/aromatic N) is 3. The van der Waals surface area contributed by atoms with Crippen LogP contribution in [0.5, 0.6) is 0 Å². The quantitative estimate of drug-likeness (QED) is 0.779. The van der Waals surface area contributed by atoms with Crippen molar-refractivity contribution in [3.05, 3.63) is 28.3 Å². The smallest absolute Gasteiger partial charge is 0.338 e. The summed E-state index contributed by atoms with van der Waals surface area (Å²) in [6.45, 7) is 0. The Kier molecular flexibility index (Phi) is 2.30. The highest BCUT2D eigenvalue weighted by Crippen LogP contribution is 2.12. The highest BCUT2D eigenvalue weighted by molar-refractivity contribution is 7.11. The van der Waals surface area contributed by atoms with Gasteiger partial charge in [-0.2, -0.15) is 5.10 Å². The average Bonchev–Trinajstić information content (AvgIpc) is 2.86. The van der Waals surface area contributed by atoms with Gasteiger partial charge in [-0.05, 0) is 0 Å². The lowest BCUT2D eigenvalue weighted by Crippen LogP contribution is -1.96. The van der Waals surface area contributed by atoms with Crippen LogP contribution in [0.1, 0.15) is 20.2 Å². The Labute approximate surface area is 87.8 Å². The Bertz CT molecular complexity index is 517. The number of hydrogen-bond donors (Lipinski definition) is 1. The van der Waals surface area contributed by atoms with Crippen LogP contribution in [0.15, 0.2) is 17.8 Å². The van der Waals surface area contributed by atoms with Crippen molar-refractivity contribution in [1.82, 2.24) is 14.8 Å². The minimum absolute atomic E-state index is 0.0793. The van der Waals surface area contributed by atoms with Crippen LogP contribution in [0.3, 0.4) is 0 Å². The maximum atomic E-state index is 10.6. The third kappa shape index (κ3) is 1.77. The van der Waals surface area contributed by atoms with Gasteiger partial charge in [0.1, 0.15) is 0 Å². The van der Waals surface area contributed by atoms with Crippen LogP contribution < -0.4 is 0 Å². The van der Waals surface area contributed by atoms with Gasteiger partial charge in [0.25, 0.3) is 0 Å². The van der Waals surface area contributed by atoms with Crippen LogP contribution in [-0.2, 0) is 0 Å². The van der Waals surface area contributed by atoms with Crippen molar-refractivity contribution in [3.8, 4) is 5.82 Å². The number of carboxylic acid groups (broad SMARTS) is 1. The Morgan fingerprint density at radius 3 is 2.93 bits per heavy atom. The number of carboxylic acids is 1. The van der Waals surface area contributed by atoms with Crippen LogP contribution >= 0.6 is 11.3 Å². The molecule has 0 radical (unpaired) electrons. The zero-order chi connectivity index (χ0) is 10.8. The van der Waals surface area contributed by atoms with Gasteiger partial charge in [-0.1, -0.05) is 0 Å². The van der Waals surface area contributed by atoms with E-state index in [0.29, 0.717) is 17.1 Å². The normalized spacial score (nSPS) is 10.1. The van der Waals surface area contributed by atoms with Crippen LogP contribution in [0.2, 0.25) is 0 Å². The van der Waals surface area contributed by atoms with E-state index < -0.39 is 5.97 Å². The van der Waals surface area contributed by atoms with Crippen LogP contribution in [0, 0.1) is 0 Å². The standard InChI is InChI=1S/C8H5N3O3S/c12-3-7-10-6(4-15-7)11-2-5(1-9-11)8(13)14/h1-4H,(H,13,14). The van der Waals surface area contributed by atoms with E-state index in [2.05, 4.69) is 10.1 Å². The average molecular weight is 223 g/mol. The summed E-state index contributed by atoms with van der Waals surface area (Å²) in [5, 5.41) is 14.4. The summed E-state index contributed by atoms with van der Waals surface area (Å²) in [5.74, 6) is -0.610. The maximum Gasteiger partial charge on any atom is 0.338 e. The molecule has 0 aliphatic heterocycles. The molecule has 0 bridgehead atoms. The van der Waals surface area contributed by atoms with Crippen LogP contribution in [0.4, 0.5) is 0 Å². The number of aromatic nitrogens is 3. The lowest BCUT2D eigenvalue weighted by molar-refractivity contribution is 0.0696. The zero-order valence-corrected chi connectivity index (χ0v) is 8.14. The largest absolute Gasteiger partial charge is 0.478 e. The molecule has 0 atom stereocenters. The van der Waals surface area contributed by atoms with E-state index >= 15 is 0 Å². The van der Waals surface area contributed by atoms with Gasteiger partial charge in [-0.3, -0.25) is 4.79 Å². The van der Waals surface area contributed by atoms with Crippen molar-refractivity contribution in [2.75, 3.05) is 0 Å². The second-order valence-corrected chi connectivity index (χ2v) is 3.53. The molecule has 0 aromatic carbocycles. The molecule has 1 N–H and O–H groups in total. The number of aromatic carboxylic acids is 1. The number of carbonyl (C=O) groups is 2. The van der Waals surface area contributed by atoms with Crippen molar-refractivity contribution in [2.45, 2.75) is 0 Å². The molecule has 0 fully saturated rings. The van der Waals surface area contributed by atoms with Gasteiger partial charge in [0.05, 0.1) is 11.8 Å². The molecular weight excluding hydrogens is 218 g/mol. The summed E-state index contributed by atoms with van der Waals surface area (Å²) in [5.41, 5.74) is 0.0793.